The summed E-state index contributed by atoms with van der Waals surface area (Å²) < 4.78 is 0. The van der Waals surface area contributed by atoms with Crippen molar-refractivity contribution in [2.24, 2.45) is 0 Å². The molecule has 0 radical (unpaired) electrons. The zero-order valence-electron chi connectivity index (χ0n) is 12.8. The molecule has 7 nitrogen and oxygen atoms in total. The van der Waals surface area contributed by atoms with Crippen LogP contribution in [0.4, 0.5) is 0 Å². The molecule has 0 unspecified atom stereocenters. The molecule has 7 heteroatoms. The summed E-state index contributed by atoms with van der Waals surface area (Å²) in [6.45, 7) is 2.77. The summed E-state index contributed by atoms with van der Waals surface area (Å²) in [5.41, 5.74) is 2.63. The van der Waals surface area contributed by atoms with Crippen LogP contribution >= 0.6 is 0 Å². The predicted molar refractivity (Wildman–Crippen MR) is 82.0 cm³/mol. The van der Waals surface area contributed by atoms with E-state index in [1.54, 1.807) is 6.07 Å². The number of aliphatic hydroxyl groups is 4. The molecule has 0 aliphatic heterocycles. The van der Waals surface area contributed by atoms with Crippen LogP contribution in [0.3, 0.4) is 0 Å². The lowest BCUT2D eigenvalue weighted by Gasteiger charge is -2.18. The van der Waals surface area contributed by atoms with E-state index in [4.69, 9.17) is 20.4 Å². The summed E-state index contributed by atoms with van der Waals surface area (Å²) in [5, 5.41) is 51.4. The van der Waals surface area contributed by atoms with E-state index in [-0.39, 0.29) is 18.8 Å². The van der Waals surface area contributed by atoms with E-state index < -0.39 is 12.6 Å². The van der Waals surface area contributed by atoms with Crippen LogP contribution in [0.15, 0.2) is 12.1 Å². The van der Waals surface area contributed by atoms with Crippen molar-refractivity contribution in [2.75, 3.05) is 13.1 Å². The van der Waals surface area contributed by atoms with Crippen LogP contribution in [0.25, 0.3) is 0 Å². The van der Waals surface area contributed by atoms with Gasteiger partial charge in [-0.25, -0.2) is 0 Å². The zero-order valence-corrected chi connectivity index (χ0v) is 12.8. The largest absolute Gasteiger partial charge is 0.508 e. The molecule has 0 aromatic heterocycles. The van der Waals surface area contributed by atoms with Gasteiger partial charge in [0.25, 0.3) is 0 Å². The molecule has 22 heavy (non-hydrogen) atoms. The topological polar surface area (TPSA) is 125 Å². The predicted octanol–water partition coefficient (Wildman–Crippen LogP) is -0.855. The Hall–Kier alpha value is -1.22. The van der Waals surface area contributed by atoms with Gasteiger partial charge in [0.05, 0.1) is 0 Å². The lowest BCUT2D eigenvalue weighted by atomic mass is 9.96. The lowest BCUT2D eigenvalue weighted by molar-refractivity contribution is -0.0383. The third kappa shape index (κ3) is 6.27. The second kappa shape index (κ2) is 9.73. The van der Waals surface area contributed by atoms with E-state index in [1.807, 2.05) is 6.07 Å². The number of rotatable bonds is 10. The van der Waals surface area contributed by atoms with Gasteiger partial charge in [0.1, 0.15) is 5.75 Å². The van der Waals surface area contributed by atoms with Crippen molar-refractivity contribution in [2.45, 2.75) is 45.4 Å². The first-order valence-corrected chi connectivity index (χ1v) is 7.42. The van der Waals surface area contributed by atoms with Gasteiger partial charge in [0, 0.05) is 31.7 Å². The number of aliphatic hydroxyl groups excluding tert-OH is 2. The number of phenolic OH excluding ortho intramolecular Hbond substituents is 1. The maximum atomic E-state index is 10.1. The molecule has 0 atom stereocenters. The summed E-state index contributed by atoms with van der Waals surface area (Å²) >= 11 is 0. The van der Waals surface area contributed by atoms with Crippen molar-refractivity contribution >= 4 is 0 Å². The summed E-state index contributed by atoms with van der Waals surface area (Å²) in [7, 11) is 0. The second-order valence-electron chi connectivity index (χ2n) is 5.17. The monoisotopic (exact) mass is 314 g/mol. The van der Waals surface area contributed by atoms with Gasteiger partial charge in [-0.1, -0.05) is 19.4 Å². The normalized spacial score (nSPS) is 11.6. The minimum absolute atomic E-state index is 0.000329. The van der Waals surface area contributed by atoms with Crippen molar-refractivity contribution in [1.29, 1.82) is 0 Å². The van der Waals surface area contributed by atoms with Crippen LogP contribution in [0.2, 0.25) is 0 Å². The molecule has 7 N–H and O–H groups in total. The zero-order chi connectivity index (χ0) is 16.5. The van der Waals surface area contributed by atoms with Crippen LogP contribution in [0.5, 0.6) is 5.75 Å². The van der Waals surface area contributed by atoms with Gasteiger partial charge in [-0.05, 0) is 23.6 Å². The molecule has 1 aromatic rings. The van der Waals surface area contributed by atoms with E-state index in [2.05, 4.69) is 17.6 Å². The average molecular weight is 314 g/mol. The van der Waals surface area contributed by atoms with Crippen molar-refractivity contribution < 1.29 is 25.5 Å². The minimum Gasteiger partial charge on any atom is -0.508 e. The molecule has 1 rings (SSSR count). The van der Waals surface area contributed by atoms with Gasteiger partial charge in [-0.2, -0.15) is 0 Å². The fourth-order valence-corrected chi connectivity index (χ4v) is 2.30. The van der Waals surface area contributed by atoms with Crippen LogP contribution in [0, 0.1) is 0 Å². The Bertz CT molecular complexity index is 452. The molecule has 0 amide bonds. The van der Waals surface area contributed by atoms with Gasteiger partial charge in [-0.3, -0.25) is 0 Å². The Morgan fingerprint density at radius 2 is 1.45 bits per heavy atom. The molecule has 0 aliphatic rings. The molecule has 0 heterocycles. The van der Waals surface area contributed by atoms with Crippen LogP contribution in [-0.2, 0) is 19.5 Å². The number of hydrogen-bond donors (Lipinski definition) is 7. The molecular weight excluding hydrogens is 288 g/mol. The Labute approximate surface area is 130 Å². The molecule has 0 fully saturated rings. The highest BCUT2D eigenvalue weighted by molar-refractivity contribution is 5.44. The van der Waals surface area contributed by atoms with Gasteiger partial charge in [0.15, 0.2) is 12.6 Å². The highest BCUT2D eigenvalue weighted by Crippen LogP contribution is 2.25. The quantitative estimate of drug-likeness (QED) is 0.280. The third-order valence-corrected chi connectivity index (χ3v) is 3.28. The molecule has 0 spiro atoms. The first-order chi connectivity index (χ1) is 10.5. The van der Waals surface area contributed by atoms with E-state index >= 15 is 0 Å². The van der Waals surface area contributed by atoms with E-state index in [0.717, 1.165) is 24.0 Å². The Morgan fingerprint density at radius 1 is 0.909 bits per heavy atom. The van der Waals surface area contributed by atoms with Crippen LogP contribution in [-0.4, -0.2) is 51.2 Å². The number of hydrogen-bond acceptors (Lipinski definition) is 7. The number of aryl methyl sites for hydroxylation is 1. The highest BCUT2D eigenvalue weighted by atomic mass is 16.5. The molecule has 1 aromatic carbocycles. The first kappa shape index (κ1) is 18.8. The minimum atomic E-state index is -1.45. The Morgan fingerprint density at radius 3 is 1.95 bits per heavy atom. The average Bonchev–Trinajstić information content (AvgIpc) is 2.43. The van der Waals surface area contributed by atoms with Gasteiger partial charge >= 0.3 is 0 Å². The SMILES string of the molecule is CCCc1ccc(O)c(CNCC(O)O)c1CNCC(O)O. The number of phenols is 1. The van der Waals surface area contributed by atoms with Gasteiger partial charge < -0.3 is 36.2 Å². The second-order valence-corrected chi connectivity index (χ2v) is 5.17. The summed E-state index contributed by atoms with van der Waals surface area (Å²) in [4.78, 5) is 0. The fraction of sp³-hybridized carbons (Fsp3) is 0.600. The lowest BCUT2D eigenvalue weighted by Crippen LogP contribution is -2.29. The Kier molecular flexibility index (Phi) is 8.32. The molecule has 0 aliphatic carbocycles. The van der Waals surface area contributed by atoms with Crippen molar-refractivity contribution in [3.8, 4) is 5.75 Å². The molecular formula is C15H26N2O5. The summed E-state index contributed by atoms with van der Waals surface area (Å²) in [6.07, 6.45) is -1.10. The third-order valence-electron chi connectivity index (χ3n) is 3.28. The van der Waals surface area contributed by atoms with Gasteiger partial charge in [-0.15, -0.1) is 0 Å². The van der Waals surface area contributed by atoms with Crippen LogP contribution in [0.1, 0.15) is 30.0 Å². The van der Waals surface area contributed by atoms with Crippen molar-refractivity contribution in [3.05, 3.63) is 28.8 Å². The molecule has 0 saturated carbocycles. The van der Waals surface area contributed by atoms with E-state index in [9.17, 15) is 5.11 Å². The Balaban J connectivity index is 2.90. The van der Waals surface area contributed by atoms with Crippen molar-refractivity contribution in [3.63, 3.8) is 0 Å². The number of benzene rings is 1. The number of aromatic hydroxyl groups is 1. The molecule has 126 valence electrons. The van der Waals surface area contributed by atoms with Gasteiger partial charge in [0.2, 0.25) is 0 Å². The molecule has 0 bridgehead atoms. The smallest absolute Gasteiger partial charge is 0.164 e. The number of nitrogens with one attached hydrogen (secondary N) is 2. The molecule has 0 saturated heterocycles. The van der Waals surface area contributed by atoms with Crippen LogP contribution < -0.4 is 10.6 Å². The highest BCUT2D eigenvalue weighted by Gasteiger charge is 2.13. The van der Waals surface area contributed by atoms with Crippen molar-refractivity contribution in [1.82, 2.24) is 10.6 Å². The maximum Gasteiger partial charge on any atom is 0.164 e. The van der Waals surface area contributed by atoms with E-state index in [1.165, 1.54) is 0 Å². The summed E-state index contributed by atoms with van der Waals surface area (Å²) in [6, 6.07) is 3.48. The maximum absolute atomic E-state index is 10.1. The van der Waals surface area contributed by atoms with E-state index in [0.29, 0.717) is 18.7 Å². The first-order valence-electron chi connectivity index (χ1n) is 7.42. The summed E-state index contributed by atoms with van der Waals surface area (Å²) in [5.74, 6) is 0.126. The fourth-order valence-electron chi connectivity index (χ4n) is 2.30. The standard InChI is InChI=1S/C15H26N2O5/c1-2-3-10-4-5-13(18)12(7-17-9-15(21)22)11(10)6-16-8-14(19)20/h4-5,14-22H,2-3,6-9H2,1H3.